The second kappa shape index (κ2) is 6.93. The third-order valence-corrected chi connectivity index (χ3v) is 2.80. The van der Waals surface area contributed by atoms with E-state index in [1.54, 1.807) is 6.20 Å². The topological polar surface area (TPSA) is 45.1 Å². The van der Waals surface area contributed by atoms with Crippen LogP contribution in [-0.4, -0.2) is 22.7 Å². The number of aromatic nitrogens is 1. The van der Waals surface area contributed by atoms with Crippen LogP contribution in [0.1, 0.15) is 25.5 Å². The van der Waals surface area contributed by atoms with Crippen molar-refractivity contribution in [2.75, 3.05) is 6.61 Å². The summed E-state index contributed by atoms with van der Waals surface area (Å²) < 4.78 is 0.994. The minimum absolute atomic E-state index is 0.235. The van der Waals surface area contributed by atoms with Crippen molar-refractivity contribution in [1.29, 1.82) is 0 Å². The van der Waals surface area contributed by atoms with Crippen molar-refractivity contribution < 1.29 is 5.11 Å². The highest BCUT2D eigenvalue weighted by atomic mass is 79.9. The molecule has 0 radical (unpaired) electrons. The molecule has 0 aliphatic rings. The van der Waals surface area contributed by atoms with Gasteiger partial charge in [0, 0.05) is 29.9 Å². The normalized spacial score (nSPS) is 12.7. The number of aliphatic hydroxyl groups is 1. The van der Waals surface area contributed by atoms with Crippen molar-refractivity contribution in [2.24, 2.45) is 0 Å². The zero-order chi connectivity index (χ0) is 11.1. The van der Waals surface area contributed by atoms with Gasteiger partial charge in [0.1, 0.15) is 0 Å². The molecule has 1 unspecified atom stereocenters. The molecular formula is C11H17BrN2O. The van der Waals surface area contributed by atoms with Gasteiger partial charge >= 0.3 is 0 Å². The minimum atomic E-state index is 0.235. The largest absolute Gasteiger partial charge is 0.396 e. The van der Waals surface area contributed by atoms with Gasteiger partial charge in [0.2, 0.25) is 0 Å². The summed E-state index contributed by atoms with van der Waals surface area (Å²) >= 11 is 3.35. The number of rotatable bonds is 6. The minimum Gasteiger partial charge on any atom is -0.396 e. The molecule has 1 rings (SSSR count). The van der Waals surface area contributed by atoms with E-state index in [-0.39, 0.29) is 6.61 Å². The molecule has 1 aromatic heterocycles. The lowest BCUT2D eigenvalue weighted by atomic mass is 10.1. The van der Waals surface area contributed by atoms with Crippen molar-refractivity contribution >= 4 is 15.9 Å². The van der Waals surface area contributed by atoms with Crippen LogP contribution in [0.4, 0.5) is 0 Å². The standard InChI is InChI=1S/C11H17BrN2O/c1-2-10(5-6-15)14-8-11-4-3-9(12)7-13-11/h3-4,7,10,14-15H,2,5-6,8H2,1H3. The molecule has 0 aliphatic heterocycles. The maximum Gasteiger partial charge on any atom is 0.0542 e. The molecule has 4 heteroatoms. The van der Waals surface area contributed by atoms with Crippen LogP contribution in [0.3, 0.4) is 0 Å². The molecule has 1 aromatic rings. The summed E-state index contributed by atoms with van der Waals surface area (Å²) in [5.74, 6) is 0. The Balaban J connectivity index is 2.38. The molecule has 3 nitrogen and oxygen atoms in total. The summed E-state index contributed by atoms with van der Waals surface area (Å²) in [4.78, 5) is 4.27. The van der Waals surface area contributed by atoms with Gasteiger partial charge in [-0.2, -0.15) is 0 Å². The highest BCUT2D eigenvalue weighted by molar-refractivity contribution is 9.10. The molecule has 84 valence electrons. The summed E-state index contributed by atoms with van der Waals surface area (Å²) in [6, 6.07) is 4.35. The Bertz CT molecular complexity index is 276. The summed E-state index contributed by atoms with van der Waals surface area (Å²) in [6.07, 6.45) is 3.62. The van der Waals surface area contributed by atoms with Crippen LogP contribution >= 0.6 is 15.9 Å². The van der Waals surface area contributed by atoms with Gasteiger partial charge in [-0.05, 0) is 40.9 Å². The Hall–Kier alpha value is -0.450. The predicted octanol–water partition coefficient (Wildman–Crippen LogP) is 2.09. The van der Waals surface area contributed by atoms with E-state index >= 15 is 0 Å². The fourth-order valence-electron chi connectivity index (χ4n) is 1.37. The lowest BCUT2D eigenvalue weighted by Crippen LogP contribution is -2.29. The van der Waals surface area contributed by atoms with E-state index in [1.165, 1.54) is 0 Å². The first-order valence-corrected chi connectivity index (χ1v) is 6.00. The zero-order valence-corrected chi connectivity index (χ0v) is 10.5. The van der Waals surface area contributed by atoms with Crippen molar-refractivity contribution in [1.82, 2.24) is 10.3 Å². The van der Waals surface area contributed by atoms with E-state index in [4.69, 9.17) is 5.11 Å². The first kappa shape index (κ1) is 12.6. The van der Waals surface area contributed by atoms with Crippen molar-refractivity contribution in [3.63, 3.8) is 0 Å². The molecule has 1 heterocycles. The molecule has 2 N–H and O–H groups in total. The van der Waals surface area contributed by atoms with E-state index in [1.807, 2.05) is 12.1 Å². The molecular weight excluding hydrogens is 256 g/mol. The first-order chi connectivity index (χ1) is 7.26. The number of hydrogen-bond donors (Lipinski definition) is 2. The zero-order valence-electron chi connectivity index (χ0n) is 8.91. The average Bonchev–Trinajstić information content (AvgIpc) is 2.26. The quantitative estimate of drug-likeness (QED) is 0.834. The lowest BCUT2D eigenvalue weighted by molar-refractivity contribution is 0.262. The van der Waals surface area contributed by atoms with Crippen LogP contribution < -0.4 is 5.32 Å². The Kier molecular flexibility index (Phi) is 5.83. The molecule has 0 aliphatic carbocycles. The molecule has 0 amide bonds. The Morgan fingerprint density at radius 2 is 2.33 bits per heavy atom. The molecule has 1 atom stereocenters. The van der Waals surface area contributed by atoms with Crippen LogP contribution in [-0.2, 0) is 6.54 Å². The maximum absolute atomic E-state index is 8.84. The second-order valence-electron chi connectivity index (χ2n) is 3.47. The summed E-state index contributed by atoms with van der Waals surface area (Å²) in [7, 11) is 0. The van der Waals surface area contributed by atoms with Gasteiger partial charge in [-0.3, -0.25) is 4.98 Å². The van der Waals surface area contributed by atoms with Gasteiger partial charge in [-0.1, -0.05) is 6.92 Å². The summed E-state index contributed by atoms with van der Waals surface area (Å²) in [5.41, 5.74) is 1.02. The van der Waals surface area contributed by atoms with Crippen LogP contribution in [0.25, 0.3) is 0 Å². The molecule has 0 saturated heterocycles. The van der Waals surface area contributed by atoms with Gasteiger partial charge in [-0.25, -0.2) is 0 Å². The van der Waals surface area contributed by atoms with Gasteiger partial charge < -0.3 is 10.4 Å². The number of aliphatic hydroxyl groups excluding tert-OH is 1. The molecule has 0 aromatic carbocycles. The number of hydrogen-bond acceptors (Lipinski definition) is 3. The molecule has 0 bridgehead atoms. The molecule has 0 fully saturated rings. The van der Waals surface area contributed by atoms with Crippen molar-refractivity contribution in [3.05, 3.63) is 28.5 Å². The number of nitrogens with zero attached hydrogens (tertiary/aromatic N) is 1. The average molecular weight is 273 g/mol. The molecule has 15 heavy (non-hydrogen) atoms. The third-order valence-electron chi connectivity index (χ3n) is 2.33. The lowest BCUT2D eigenvalue weighted by Gasteiger charge is -2.15. The van der Waals surface area contributed by atoms with Crippen LogP contribution in [0.5, 0.6) is 0 Å². The Morgan fingerprint density at radius 3 is 2.87 bits per heavy atom. The predicted molar refractivity (Wildman–Crippen MR) is 64.6 cm³/mol. The van der Waals surface area contributed by atoms with E-state index in [0.717, 1.165) is 29.6 Å². The molecule has 0 spiro atoms. The summed E-state index contributed by atoms with van der Waals surface area (Å²) in [6.45, 7) is 3.10. The van der Waals surface area contributed by atoms with E-state index in [0.29, 0.717) is 6.04 Å². The highest BCUT2D eigenvalue weighted by Crippen LogP contribution is 2.07. The fourth-order valence-corrected chi connectivity index (χ4v) is 1.60. The molecule has 0 saturated carbocycles. The first-order valence-electron chi connectivity index (χ1n) is 5.21. The van der Waals surface area contributed by atoms with Gasteiger partial charge in [0.15, 0.2) is 0 Å². The van der Waals surface area contributed by atoms with Crippen molar-refractivity contribution in [3.8, 4) is 0 Å². The van der Waals surface area contributed by atoms with Gasteiger partial charge in [-0.15, -0.1) is 0 Å². The Labute approximate surface area is 99.1 Å². The van der Waals surface area contributed by atoms with Gasteiger partial charge in [0.05, 0.1) is 5.69 Å². The van der Waals surface area contributed by atoms with Crippen LogP contribution in [0.15, 0.2) is 22.8 Å². The smallest absolute Gasteiger partial charge is 0.0542 e. The second-order valence-corrected chi connectivity index (χ2v) is 4.38. The van der Waals surface area contributed by atoms with E-state index in [9.17, 15) is 0 Å². The number of halogens is 1. The van der Waals surface area contributed by atoms with E-state index in [2.05, 4.69) is 33.2 Å². The van der Waals surface area contributed by atoms with Gasteiger partial charge in [0.25, 0.3) is 0 Å². The van der Waals surface area contributed by atoms with Crippen molar-refractivity contribution in [2.45, 2.75) is 32.4 Å². The fraction of sp³-hybridized carbons (Fsp3) is 0.545. The Morgan fingerprint density at radius 1 is 1.53 bits per heavy atom. The summed E-state index contributed by atoms with van der Waals surface area (Å²) in [5, 5.41) is 12.2. The third kappa shape index (κ3) is 4.73. The van der Waals surface area contributed by atoms with E-state index < -0.39 is 0 Å². The number of nitrogens with one attached hydrogen (secondary N) is 1. The van der Waals surface area contributed by atoms with Crippen LogP contribution in [0.2, 0.25) is 0 Å². The highest BCUT2D eigenvalue weighted by Gasteiger charge is 2.04. The monoisotopic (exact) mass is 272 g/mol. The number of pyridine rings is 1. The SMILES string of the molecule is CCC(CCO)NCc1ccc(Br)cn1. The maximum atomic E-state index is 8.84. The van der Waals surface area contributed by atoms with Crippen LogP contribution in [0, 0.1) is 0 Å².